The first kappa shape index (κ1) is 16.4. The Bertz CT molecular complexity index is 485. The van der Waals surface area contributed by atoms with Gasteiger partial charge in [0.15, 0.2) is 0 Å². The lowest BCUT2D eigenvalue weighted by Crippen LogP contribution is -2.26. The van der Waals surface area contributed by atoms with E-state index in [0.717, 1.165) is 24.0 Å². The fraction of sp³-hybridized carbons (Fsp3) is 0.417. The van der Waals surface area contributed by atoms with Crippen molar-refractivity contribution in [2.45, 2.75) is 6.42 Å². The molecule has 20 heavy (non-hydrogen) atoms. The molecule has 0 heterocycles. The Morgan fingerprint density at radius 2 is 2.20 bits per heavy atom. The summed E-state index contributed by atoms with van der Waals surface area (Å²) in [6, 6.07) is 2.84. The summed E-state index contributed by atoms with van der Waals surface area (Å²) >= 11 is 1.56. The Kier molecular flexibility index (Phi) is 6.96. The van der Waals surface area contributed by atoms with E-state index in [-0.39, 0.29) is 12.2 Å². The number of aliphatic hydroxyl groups excluding tert-OH is 1. The normalized spacial score (nSPS) is 10.3. The van der Waals surface area contributed by atoms with Crippen LogP contribution in [-0.4, -0.2) is 40.6 Å². The third-order valence-electron chi connectivity index (χ3n) is 2.38. The molecule has 0 aliphatic carbocycles. The molecule has 0 unspecified atom stereocenters. The van der Waals surface area contributed by atoms with Gasteiger partial charge in [-0.15, -0.1) is 0 Å². The highest BCUT2D eigenvalue weighted by atomic mass is 32.2. The van der Waals surface area contributed by atoms with Gasteiger partial charge < -0.3 is 10.4 Å². The van der Waals surface area contributed by atoms with Crippen LogP contribution in [-0.2, 0) is 0 Å². The van der Waals surface area contributed by atoms with E-state index < -0.39 is 22.3 Å². The second-order valence-electron chi connectivity index (χ2n) is 3.86. The highest BCUT2D eigenvalue weighted by Crippen LogP contribution is 2.19. The summed E-state index contributed by atoms with van der Waals surface area (Å²) in [7, 11) is 0. The molecule has 8 heteroatoms. The first-order valence-corrected chi connectivity index (χ1v) is 7.12. The zero-order valence-electron chi connectivity index (χ0n) is 10.7. The lowest BCUT2D eigenvalue weighted by molar-refractivity contribution is -0.385. The van der Waals surface area contributed by atoms with E-state index in [1.807, 2.05) is 0 Å². The van der Waals surface area contributed by atoms with Crippen LogP contribution in [0.15, 0.2) is 18.2 Å². The van der Waals surface area contributed by atoms with E-state index in [2.05, 4.69) is 5.32 Å². The first-order valence-electron chi connectivity index (χ1n) is 5.97. The first-order chi connectivity index (χ1) is 9.56. The number of hydrogen-bond donors (Lipinski definition) is 2. The molecule has 0 radical (unpaired) electrons. The molecule has 0 saturated carbocycles. The molecule has 1 amide bonds. The summed E-state index contributed by atoms with van der Waals surface area (Å²) in [5, 5.41) is 21.9. The van der Waals surface area contributed by atoms with Gasteiger partial charge in [0.05, 0.1) is 11.0 Å². The van der Waals surface area contributed by atoms with Gasteiger partial charge in [0.25, 0.3) is 11.6 Å². The molecule has 0 bridgehead atoms. The molecule has 2 N–H and O–H groups in total. The standard InChI is InChI=1S/C12H15FN2O4S/c13-9-2-3-10(11(8-9)15(18)19)12(17)14-4-7-20-6-1-5-16/h2-3,8,16H,1,4-7H2,(H,14,17). The Morgan fingerprint density at radius 1 is 1.45 bits per heavy atom. The maximum absolute atomic E-state index is 12.9. The van der Waals surface area contributed by atoms with Crippen molar-refractivity contribution >= 4 is 23.4 Å². The van der Waals surface area contributed by atoms with Crippen LogP contribution in [0.1, 0.15) is 16.8 Å². The number of amides is 1. The molecule has 0 aliphatic rings. The van der Waals surface area contributed by atoms with E-state index >= 15 is 0 Å². The molecule has 0 saturated heterocycles. The van der Waals surface area contributed by atoms with E-state index in [4.69, 9.17) is 5.11 Å². The average Bonchev–Trinajstić information content (AvgIpc) is 2.42. The largest absolute Gasteiger partial charge is 0.396 e. The number of aliphatic hydroxyl groups is 1. The zero-order valence-corrected chi connectivity index (χ0v) is 11.5. The quantitative estimate of drug-likeness (QED) is 0.432. The smallest absolute Gasteiger partial charge is 0.285 e. The SMILES string of the molecule is O=C(NCCSCCCO)c1ccc(F)cc1[N+](=O)[O-]. The van der Waals surface area contributed by atoms with E-state index in [1.165, 1.54) is 0 Å². The summed E-state index contributed by atoms with van der Waals surface area (Å²) in [4.78, 5) is 21.8. The lowest BCUT2D eigenvalue weighted by atomic mass is 10.1. The van der Waals surface area contributed by atoms with Crippen LogP contribution < -0.4 is 5.32 Å². The van der Waals surface area contributed by atoms with Crippen molar-refractivity contribution in [1.82, 2.24) is 5.32 Å². The summed E-state index contributed by atoms with van der Waals surface area (Å²) in [5.74, 6) is 0.0661. The number of nitro benzene ring substituents is 1. The lowest BCUT2D eigenvalue weighted by Gasteiger charge is -2.05. The van der Waals surface area contributed by atoms with Crippen LogP contribution in [0.25, 0.3) is 0 Å². The van der Waals surface area contributed by atoms with Crippen molar-refractivity contribution in [2.24, 2.45) is 0 Å². The molecule has 110 valence electrons. The van der Waals surface area contributed by atoms with Crippen LogP contribution in [0.3, 0.4) is 0 Å². The summed E-state index contributed by atoms with van der Waals surface area (Å²) < 4.78 is 12.9. The summed E-state index contributed by atoms with van der Waals surface area (Å²) in [6.45, 7) is 0.477. The number of thioether (sulfide) groups is 1. The minimum Gasteiger partial charge on any atom is -0.396 e. The fourth-order valence-corrected chi connectivity index (χ4v) is 2.23. The monoisotopic (exact) mass is 302 g/mol. The fourth-order valence-electron chi connectivity index (χ4n) is 1.45. The number of halogens is 1. The van der Waals surface area contributed by atoms with Crippen molar-refractivity contribution in [3.63, 3.8) is 0 Å². The third-order valence-corrected chi connectivity index (χ3v) is 3.45. The predicted molar refractivity (Wildman–Crippen MR) is 74.4 cm³/mol. The summed E-state index contributed by atoms with van der Waals surface area (Å²) in [6.07, 6.45) is 0.683. The van der Waals surface area contributed by atoms with E-state index in [9.17, 15) is 19.3 Å². The molecule has 0 atom stereocenters. The number of hydrogen-bond acceptors (Lipinski definition) is 5. The van der Waals surface area contributed by atoms with Gasteiger partial charge in [-0.05, 0) is 24.3 Å². The number of rotatable bonds is 8. The minimum atomic E-state index is -0.784. The van der Waals surface area contributed by atoms with Crippen LogP contribution in [0.2, 0.25) is 0 Å². The molecular weight excluding hydrogens is 287 g/mol. The van der Waals surface area contributed by atoms with Gasteiger partial charge in [0.2, 0.25) is 0 Å². The predicted octanol–water partition coefficient (Wildman–Crippen LogP) is 1.58. The maximum atomic E-state index is 12.9. The van der Waals surface area contributed by atoms with Crippen molar-refractivity contribution in [2.75, 3.05) is 24.7 Å². The van der Waals surface area contributed by atoms with Crippen LogP contribution in [0, 0.1) is 15.9 Å². The number of nitrogens with zero attached hydrogens (tertiary/aromatic N) is 1. The van der Waals surface area contributed by atoms with Crippen molar-refractivity contribution in [3.8, 4) is 0 Å². The second kappa shape index (κ2) is 8.49. The molecule has 1 aromatic rings. The minimum absolute atomic E-state index is 0.126. The van der Waals surface area contributed by atoms with Gasteiger partial charge in [-0.25, -0.2) is 4.39 Å². The van der Waals surface area contributed by atoms with Gasteiger partial charge >= 0.3 is 0 Å². The van der Waals surface area contributed by atoms with Crippen molar-refractivity contribution in [3.05, 3.63) is 39.7 Å². The molecule has 0 aromatic heterocycles. The number of carbonyl (C=O) groups excluding carboxylic acids is 1. The molecule has 0 aliphatic heterocycles. The number of carbonyl (C=O) groups is 1. The second-order valence-corrected chi connectivity index (χ2v) is 5.09. The van der Waals surface area contributed by atoms with Gasteiger partial charge in [0, 0.05) is 18.9 Å². The topological polar surface area (TPSA) is 92.5 Å². The van der Waals surface area contributed by atoms with Crippen LogP contribution >= 0.6 is 11.8 Å². The van der Waals surface area contributed by atoms with Gasteiger partial charge in [-0.2, -0.15) is 11.8 Å². The van der Waals surface area contributed by atoms with Gasteiger partial charge in [-0.1, -0.05) is 0 Å². The number of benzene rings is 1. The van der Waals surface area contributed by atoms with E-state index in [1.54, 1.807) is 11.8 Å². The Labute approximate surface area is 119 Å². The molecule has 6 nitrogen and oxygen atoms in total. The Hall–Kier alpha value is -1.67. The molecule has 1 rings (SSSR count). The average molecular weight is 302 g/mol. The van der Waals surface area contributed by atoms with Crippen LogP contribution in [0.5, 0.6) is 0 Å². The maximum Gasteiger partial charge on any atom is 0.285 e. The summed E-state index contributed by atoms with van der Waals surface area (Å²) in [5.41, 5.74) is -0.702. The Morgan fingerprint density at radius 3 is 2.85 bits per heavy atom. The highest BCUT2D eigenvalue weighted by Gasteiger charge is 2.20. The Balaban J connectivity index is 2.53. The van der Waals surface area contributed by atoms with Crippen molar-refractivity contribution < 1.29 is 19.2 Å². The van der Waals surface area contributed by atoms with Crippen molar-refractivity contribution in [1.29, 1.82) is 0 Å². The number of nitrogens with one attached hydrogen (secondary N) is 1. The zero-order chi connectivity index (χ0) is 15.0. The molecule has 0 fully saturated rings. The highest BCUT2D eigenvalue weighted by molar-refractivity contribution is 7.99. The van der Waals surface area contributed by atoms with Crippen LogP contribution in [0.4, 0.5) is 10.1 Å². The molecular formula is C12H15FN2O4S. The molecule has 1 aromatic carbocycles. The molecule has 0 spiro atoms. The number of nitro groups is 1. The third kappa shape index (κ3) is 5.14. The van der Waals surface area contributed by atoms with Gasteiger partial charge in [-0.3, -0.25) is 14.9 Å². The van der Waals surface area contributed by atoms with Gasteiger partial charge in [0.1, 0.15) is 11.4 Å². The van der Waals surface area contributed by atoms with E-state index in [0.29, 0.717) is 18.7 Å².